The zero-order valence-electron chi connectivity index (χ0n) is 18.2. The Bertz CT molecular complexity index is 1060. The molecular weight excluding hydrogens is 488 g/mol. The molecule has 0 aliphatic carbocycles. The van der Waals surface area contributed by atoms with Gasteiger partial charge in [0.25, 0.3) is 0 Å². The Morgan fingerprint density at radius 2 is 1.91 bits per heavy atom. The third kappa shape index (κ3) is 5.46. The number of pyridine rings is 1. The Kier molecular flexibility index (Phi) is 7.07. The number of urea groups is 1. The number of amides is 2. The van der Waals surface area contributed by atoms with E-state index in [1.54, 1.807) is 0 Å². The number of piperazine rings is 1. The number of benzene rings is 1. The summed E-state index contributed by atoms with van der Waals surface area (Å²) in [6.07, 6.45) is 0. The van der Waals surface area contributed by atoms with E-state index >= 15 is 0 Å². The van der Waals surface area contributed by atoms with Gasteiger partial charge in [-0.2, -0.15) is 0 Å². The van der Waals surface area contributed by atoms with Crippen LogP contribution in [0.5, 0.6) is 0 Å². The highest BCUT2D eigenvalue weighted by Crippen LogP contribution is 2.34. The molecule has 7 nitrogen and oxygen atoms in total. The summed E-state index contributed by atoms with van der Waals surface area (Å²) in [5.41, 5.74) is 2.65. The van der Waals surface area contributed by atoms with E-state index in [0.717, 1.165) is 53.4 Å². The number of hydrogen-bond acceptors (Lipinski definition) is 6. The molecule has 0 saturated carbocycles. The van der Waals surface area contributed by atoms with E-state index in [0.29, 0.717) is 11.7 Å². The Morgan fingerprint density at radius 1 is 1.16 bits per heavy atom. The number of thiazole rings is 1. The van der Waals surface area contributed by atoms with Gasteiger partial charge >= 0.3 is 6.03 Å². The Hall–Kier alpha value is -2.49. The van der Waals surface area contributed by atoms with E-state index in [4.69, 9.17) is 4.98 Å². The van der Waals surface area contributed by atoms with Crippen LogP contribution in [0.15, 0.2) is 52.3 Å². The van der Waals surface area contributed by atoms with Gasteiger partial charge in [-0.1, -0.05) is 48.0 Å². The lowest BCUT2D eigenvalue weighted by molar-refractivity contribution is 0.251. The van der Waals surface area contributed by atoms with Crippen LogP contribution in [0.4, 0.5) is 15.7 Å². The maximum Gasteiger partial charge on any atom is 0.321 e. The summed E-state index contributed by atoms with van der Waals surface area (Å²) in [5.74, 6) is 0.950. The van der Waals surface area contributed by atoms with E-state index in [1.165, 1.54) is 11.3 Å². The maximum atomic E-state index is 12.4. The molecule has 9 heteroatoms. The van der Waals surface area contributed by atoms with Gasteiger partial charge in [-0.25, -0.2) is 14.8 Å². The first-order valence-electron chi connectivity index (χ1n) is 10.6. The zero-order valence-corrected chi connectivity index (χ0v) is 20.6. The number of carbonyl (C=O) groups is 1. The molecule has 32 heavy (non-hydrogen) atoms. The minimum Gasteiger partial charge on any atom is -0.354 e. The molecule has 3 heterocycles. The number of aromatic nitrogens is 2. The molecule has 4 rings (SSSR count). The molecule has 0 radical (unpaired) electrons. The summed E-state index contributed by atoms with van der Waals surface area (Å²) in [4.78, 5) is 24.0. The van der Waals surface area contributed by atoms with Gasteiger partial charge in [-0.15, -0.1) is 11.3 Å². The second-order valence-electron chi connectivity index (χ2n) is 8.20. The van der Waals surface area contributed by atoms with Crippen LogP contribution >= 0.6 is 27.3 Å². The monoisotopic (exact) mass is 514 g/mol. The van der Waals surface area contributed by atoms with E-state index in [9.17, 15) is 4.79 Å². The van der Waals surface area contributed by atoms with Gasteiger partial charge in [0.15, 0.2) is 5.13 Å². The van der Waals surface area contributed by atoms with Crippen LogP contribution in [0, 0.1) is 0 Å². The average molecular weight is 515 g/mol. The third-order valence-corrected chi connectivity index (χ3v) is 6.88. The predicted octanol–water partition coefficient (Wildman–Crippen LogP) is 4.36. The van der Waals surface area contributed by atoms with E-state index in [-0.39, 0.29) is 11.4 Å². The van der Waals surface area contributed by atoms with Gasteiger partial charge in [0.05, 0.1) is 17.9 Å². The topological polar surface area (TPSA) is 82.2 Å². The van der Waals surface area contributed by atoms with Gasteiger partial charge < -0.3 is 15.5 Å². The van der Waals surface area contributed by atoms with Crippen molar-refractivity contribution in [2.75, 3.05) is 36.4 Å². The van der Waals surface area contributed by atoms with Crippen LogP contribution in [0.1, 0.15) is 30.8 Å². The minimum atomic E-state index is -0.290. The zero-order chi connectivity index (χ0) is 22.6. The highest BCUT2D eigenvalue weighted by atomic mass is 79.9. The van der Waals surface area contributed by atoms with Crippen molar-refractivity contribution in [1.82, 2.24) is 20.6 Å². The molecule has 2 amide bonds. The molecule has 1 aromatic carbocycles. The summed E-state index contributed by atoms with van der Waals surface area (Å²) in [5, 5.41) is 11.6. The molecule has 1 aliphatic rings. The lowest BCUT2D eigenvalue weighted by Crippen LogP contribution is -2.44. The molecule has 0 bridgehead atoms. The SMILES string of the molecule is CC(C)(c1ccc(Br)cc1)c1csc(NC(=O)NCc2cccc(N3CCNCC3)n2)n1. The van der Waals surface area contributed by atoms with Crippen LogP contribution in [-0.4, -0.2) is 42.2 Å². The molecular formula is C23H27BrN6OS. The molecule has 0 atom stereocenters. The number of hydrogen-bond donors (Lipinski definition) is 3. The maximum absolute atomic E-state index is 12.4. The highest BCUT2D eigenvalue weighted by Gasteiger charge is 2.26. The first kappa shape index (κ1) is 22.7. The number of anilines is 2. The first-order chi connectivity index (χ1) is 15.4. The van der Waals surface area contributed by atoms with Crippen molar-refractivity contribution in [3.05, 3.63) is 69.3 Å². The van der Waals surface area contributed by atoms with Gasteiger partial charge in [0.1, 0.15) is 5.82 Å². The van der Waals surface area contributed by atoms with Crippen LogP contribution in [-0.2, 0) is 12.0 Å². The molecule has 1 aliphatic heterocycles. The smallest absolute Gasteiger partial charge is 0.321 e. The fourth-order valence-corrected chi connectivity index (χ4v) is 4.72. The fraction of sp³-hybridized carbons (Fsp3) is 0.348. The van der Waals surface area contributed by atoms with E-state index < -0.39 is 0 Å². The second-order valence-corrected chi connectivity index (χ2v) is 9.98. The fourth-order valence-electron chi connectivity index (χ4n) is 3.58. The molecule has 168 valence electrons. The summed E-state index contributed by atoms with van der Waals surface area (Å²) >= 11 is 4.90. The first-order valence-corrected chi connectivity index (χ1v) is 12.3. The normalized spacial score (nSPS) is 14.3. The standard InChI is InChI=1S/C23H27BrN6OS/c1-23(2,16-6-8-17(24)9-7-16)19-15-32-22(28-19)29-21(31)26-14-18-4-3-5-20(27-18)30-12-10-25-11-13-30/h3-9,15,25H,10-14H2,1-2H3,(H2,26,28,29,31). The van der Waals surface area contributed by atoms with Gasteiger partial charge in [0.2, 0.25) is 0 Å². The number of nitrogens with zero attached hydrogens (tertiary/aromatic N) is 3. The summed E-state index contributed by atoms with van der Waals surface area (Å²) in [6, 6.07) is 13.9. The lowest BCUT2D eigenvalue weighted by Gasteiger charge is -2.28. The Balaban J connectivity index is 1.34. The van der Waals surface area contributed by atoms with Crippen molar-refractivity contribution in [3.63, 3.8) is 0 Å². The van der Waals surface area contributed by atoms with Crippen molar-refractivity contribution in [2.45, 2.75) is 25.8 Å². The average Bonchev–Trinajstić information content (AvgIpc) is 3.28. The van der Waals surface area contributed by atoms with Crippen molar-refractivity contribution in [3.8, 4) is 0 Å². The third-order valence-electron chi connectivity index (χ3n) is 5.59. The molecule has 0 spiro atoms. The lowest BCUT2D eigenvalue weighted by atomic mass is 9.82. The van der Waals surface area contributed by atoms with Gasteiger partial charge in [0, 0.05) is 41.4 Å². The van der Waals surface area contributed by atoms with Crippen LogP contribution in [0.25, 0.3) is 0 Å². The van der Waals surface area contributed by atoms with Crippen molar-refractivity contribution in [1.29, 1.82) is 0 Å². The molecule has 1 fully saturated rings. The number of carbonyl (C=O) groups excluding carboxylic acids is 1. The molecule has 3 aromatic rings. The number of halogens is 1. The predicted molar refractivity (Wildman–Crippen MR) is 134 cm³/mol. The summed E-state index contributed by atoms with van der Waals surface area (Å²) < 4.78 is 1.04. The molecule has 1 saturated heterocycles. The van der Waals surface area contributed by atoms with E-state index in [2.05, 4.69) is 67.7 Å². The van der Waals surface area contributed by atoms with E-state index in [1.807, 2.05) is 35.7 Å². The molecule has 3 N–H and O–H groups in total. The van der Waals surface area contributed by atoms with Gasteiger partial charge in [-0.3, -0.25) is 5.32 Å². The Labute approximate surface area is 200 Å². The molecule has 2 aromatic heterocycles. The Morgan fingerprint density at radius 3 is 2.66 bits per heavy atom. The summed E-state index contributed by atoms with van der Waals surface area (Å²) in [6.45, 7) is 8.41. The number of rotatable bonds is 6. The van der Waals surface area contributed by atoms with Gasteiger partial charge in [-0.05, 0) is 29.8 Å². The minimum absolute atomic E-state index is 0.262. The van der Waals surface area contributed by atoms with Crippen molar-refractivity contribution in [2.24, 2.45) is 0 Å². The van der Waals surface area contributed by atoms with Crippen LogP contribution in [0.3, 0.4) is 0 Å². The van der Waals surface area contributed by atoms with Crippen LogP contribution < -0.4 is 20.9 Å². The number of nitrogens with one attached hydrogen (secondary N) is 3. The largest absolute Gasteiger partial charge is 0.354 e. The van der Waals surface area contributed by atoms with Crippen LogP contribution in [0.2, 0.25) is 0 Å². The second kappa shape index (κ2) is 9.97. The molecule has 0 unspecified atom stereocenters. The van der Waals surface area contributed by atoms with Crippen molar-refractivity contribution >= 4 is 44.2 Å². The summed E-state index contributed by atoms with van der Waals surface area (Å²) in [7, 11) is 0. The quantitative estimate of drug-likeness (QED) is 0.455. The van der Waals surface area contributed by atoms with Crippen molar-refractivity contribution < 1.29 is 4.79 Å². The highest BCUT2D eigenvalue weighted by molar-refractivity contribution is 9.10.